The van der Waals surface area contributed by atoms with E-state index in [1.165, 1.54) is 11.1 Å². The number of ether oxygens (including phenoxy) is 1. The van der Waals surface area contributed by atoms with Gasteiger partial charge < -0.3 is 9.84 Å². The molecule has 2 aromatic carbocycles. The molecule has 0 heterocycles. The molecule has 0 aromatic heterocycles. The lowest BCUT2D eigenvalue weighted by Gasteiger charge is -2.34. The van der Waals surface area contributed by atoms with E-state index in [1.54, 1.807) is 0 Å². The van der Waals surface area contributed by atoms with Crippen LogP contribution >= 0.6 is 0 Å². The molecular weight excluding hydrogens is 248 g/mol. The number of aliphatic hydroxyl groups is 1. The fourth-order valence-electron chi connectivity index (χ4n) is 3.01. The minimum Gasteiger partial charge on any atom is -0.494 e. The van der Waals surface area contributed by atoms with Crippen molar-refractivity contribution >= 4 is 0 Å². The fraction of sp³-hybridized carbons (Fsp3) is 0.333. The molecule has 104 valence electrons. The summed E-state index contributed by atoms with van der Waals surface area (Å²) in [4.78, 5) is 0. The van der Waals surface area contributed by atoms with E-state index in [0.29, 0.717) is 13.0 Å². The van der Waals surface area contributed by atoms with Gasteiger partial charge in [0.1, 0.15) is 5.75 Å². The number of rotatable bonds is 3. The molecule has 0 bridgehead atoms. The van der Waals surface area contributed by atoms with Crippen LogP contribution in [0.25, 0.3) is 0 Å². The van der Waals surface area contributed by atoms with Crippen molar-refractivity contribution in [2.24, 2.45) is 0 Å². The summed E-state index contributed by atoms with van der Waals surface area (Å²) in [5.74, 6) is 0.831. The van der Waals surface area contributed by atoms with E-state index in [2.05, 4.69) is 18.2 Å². The second-order valence-electron chi connectivity index (χ2n) is 5.44. The first-order valence-corrected chi connectivity index (χ1v) is 7.24. The van der Waals surface area contributed by atoms with E-state index in [4.69, 9.17) is 4.74 Å². The Morgan fingerprint density at radius 2 is 1.90 bits per heavy atom. The molecule has 0 aliphatic heterocycles. The largest absolute Gasteiger partial charge is 0.494 e. The van der Waals surface area contributed by atoms with Gasteiger partial charge in [-0.25, -0.2) is 0 Å². The maximum Gasteiger partial charge on any atom is 0.119 e. The van der Waals surface area contributed by atoms with E-state index in [1.807, 2.05) is 37.3 Å². The Labute approximate surface area is 120 Å². The van der Waals surface area contributed by atoms with Gasteiger partial charge in [0.2, 0.25) is 0 Å². The van der Waals surface area contributed by atoms with Gasteiger partial charge in [-0.2, -0.15) is 0 Å². The molecule has 0 saturated heterocycles. The second-order valence-corrected chi connectivity index (χ2v) is 5.44. The molecule has 2 aromatic rings. The SMILES string of the molecule is CCOc1cccc(C2(O)CCc3ccccc3C2)c1. The molecule has 2 nitrogen and oxygen atoms in total. The number of fused-ring (bicyclic) bond motifs is 1. The van der Waals surface area contributed by atoms with Gasteiger partial charge in [-0.15, -0.1) is 0 Å². The molecule has 0 fully saturated rings. The number of hydrogen-bond donors (Lipinski definition) is 1. The highest BCUT2D eigenvalue weighted by atomic mass is 16.5. The van der Waals surface area contributed by atoms with E-state index in [-0.39, 0.29) is 0 Å². The third-order valence-corrected chi connectivity index (χ3v) is 4.09. The molecule has 3 rings (SSSR count). The standard InChI is InChI=1S/C18H20O2/c1-2-20-17-9-5-8-16(12-17)18(19)11-10-14-6-3-4-7-15(14)13-18/h3-9,12,19H,2,10-11,13H2,1H3. The Balaban J connectivity index is 1.92. The van der Waals surface area contributed by atoms with Crippen LogP contribution in [-0.4, -0.2) is 11.7 Å². The third kappa shape index (κ3) is 2.44. The van der Waals surface area contributed by atoms with Crippen LogP contribution < -0.4 is 4.74 Å². The minimum atomic E-state index is -0.776. The summed E-state index contributed by atoms with van der Waals surface area (Å²) < 4.78 is 5.54. The summed E-state index contributed by atoms with van der Waals surface area (Å²) in [5, 5.41) is 11.0. The predicted molar refractivity (Wildman–Crippen MR) is 80.0 cm³/mol. The number of benzene rings is 2. The maximum absolute atomic E-state index is 11.0. The summed E-state index contributed by atoms with van der Waals surface area (Å²) in [7, 11) is 0. The van der Waals surface area contributed by atoms with E-state index < -0.39 is 5.60 Å². The van der Waals surface area contributed by atoms with Crippen molar-refractivity contribution < 1.29 is 9.84 Å². The van der Waals surface area contributed by atoms with Gasteiger partial charge in [-0.05, 0) is 48.6 Å². The second kappa shape index (κ2) is 5.29. The van der Waals surface area contributed by atoms with Gasteiger partial charge in [-0.1, -0.05) is 36.4 Å². The molecule has 20 heavy (non-hydrogen) atoms. The van der Waals surface area contributed by atoms with E-state index >= 15 is 0 Å². The fourth-order valence-corrected chi connectivity index (χ4v) is 3.01. The highest BCUT2D eigenvalue weighted by molar-refractivity contribution is 5.38. The van der Waals surface area contributed by atoms with Gasteiger partial charge in [0, 0.05) is 6.42 Å². The van der Waals surface area contributed by atoms with Crippen LogP contribution in [0.1, 0.15) is 30.0 Å². The molecular formula is C18H20O2. The Morgan fingerprint density at radius 3 is 2.70 bits per heavy atom. The van der Waals surface area contributed by atoms with E-state index in [0.717, 1.165) is 24.2 Å². The number of hydrogen-bond acceptors (Lipinski definition) is 2. The molecule has 1 N–H and O–H groups in total. The monoisotopic (exact) mass is 268 g/mol. The first-order valence-electron chi connectivity index (χ1n) is 7.24. The average Bonchev–Trinajstić information content (AvgIpc) is 2.48. The van der Waals surface area contributed by atoms with Crippen molar-refractivity contribution in [1.82, 2.24) is 0 Å². The first-order chi connectivity index (χ1) is 9.71. The molecule has 0 amide bonds. The Morgan fingerprint density at radius 1 is 1.10 bits per heavy atom. The van der Waals surface area contributed by atoms with Crippen molar-refractivity contribution in [1.29, 1.82) is 0 Å². The third-order valence-electron chi connectivity index (χ3n) is 4.09. The lowest BCUT2D eigenvalue weighted by molar-refractivity contribution is 0.0220. The van der Waals surface area contributed by atoms with Crippen molar-refractivity contribution in [3.8, 4) is 5.75 Å². The average molecular weight is 268 g/mol. The lowest BCUT2D eigenvalue weighted by atomic mass is 9.76. The summed E-state index contributed by atoms with van der Waals surface area (Å²) in [5.41, 5.74) is 2.79. The van der Waals surface area contributed by atoms with Gasteiger partial charge in [0.25, 0.3) is 0 Å². The molecule has 2 heteroatoms. The molecule has 0 saturated carbocycles. The molecule has 1 aliphatic rings. The molecule has 1 atom stereocenters. The summed E-state index contributed by atoms with van der Waals surface area (Å²) >= 11 is 0. The number of aryl methyl sites for hydroxylation is 1. The predicted octanol–water partition coefficient (Wildman–Crippen LogP) is 3.46. The highest BCUT2D eigenvalue weighted by Gasteiger charge is 2.33. The summed E-state index contributed by atoms with van der Waals surface area (Å²) in [6, 6.07) is 16.2. The lowest BCUT2D eigenvalue weighted by Crippen LogP contribution is -2.33. The molecule has 1 unspecified atom stereocenters. The Bertz CT molecular complexity index is 606. The van der Waals surface area contributed by atoms with Crippen molar-refractivity contribution in [3.05, 3.63) is 65.2 Å². The van der Waals surface area contributed by atoms with Crippen LogP contribution in [0.2, 0.25) is 0 Å². The van der Waals surface area contributed by atoms with Gasteiger partial charge in [0.15, 0.2) is 0 Å². The maximum atomic E-state index is 11.0. The normalized spacial score (nSPS) is 21.3. The molecule has 0 radical (unpaired) electrons. The Kier molecular flexibility index (Phi) is 3.49. The van der Waals surface area contributed by atoms with Crippen LogP contribution in [0.4, 0.5) is 0 Å². The summed E-state index contributed by atoms with van der Waals surface area (Å²) in [6.07, 6.45) is 2.36. The summed E-state index contributed by atoms with van der Waals surface area (Å²) in [6.45, 7) is 2.61. The first kappa shape index (κ1) is 13.2. The van der Waals surface area contributed by atoms with Crippen molar-refractivity contribution in [2.45, 2.75) is 31.8 Å². The molecule has 0 spiro atoms. The van der Waals surface area contributed by atoms with Crippen LogP contribution in [0.5, 0.6) is 5.75 Å². The van der Waals surface area contributed by atoms with Crippen molar-refractivity contribution in [2.75, 3.05) is 6.61 Å². The molecule has 1 aliphatic carbocycles. The van der Waals surface area contributed by atoms with Crippen LogP contribution in [0.15, 0.2) is 48.5 Å². The Hall–Kier alpha value is -1.80. The van der Waals surface area contributed by atoms with Crippen LogP contribution in [0.3, 0.4) is 0 Å². The van der Waals surface area contributed by atoms with Gasteiger partial charge in [0.05, 0.1) is 12.2 Å². The van der Waals surface area contributed by atoms with Crippen LogP contribution in [-0.2, 0) is 18.4 Å². The topological polar surface area (TPSA) is 29.5 Å². The quantitative estimate of drug-likeness (QED) is 0.923. The van der Waals surface area contributed by atoms with Crippen molar-refractivity contribution in [3.63, 3.8) is 0 Å². The van der Waals surface area contributed by atoms with Crippen LogP contribution in [0, 0.1) is 0 Å². The zero-order valence-corrected chi connectivity index (χ0v) is 11.8. The van der Waals surface area contributed by atoms with Gasteiger partial charge >= 0.3 is 0 Å². The smallest absolute Gasteiger partial charge is 0.119 e. The highest BCUT2D eigenvalue weighted by Crippen LogP contribution is 2.37. The minimum absolute atomic E-state index is 0.644. The zero-order valence-electron chi connectivity index (χ0n) is 11.8. The van der Waals surface area contributed by atoms with E-state index in [9.17, 15) is 5.11 Å². The van der Waals surface area contributed by atoms with Gasteiger partial charge in [-0.3, -0.25) is 0 Å². The zero-order chi connectivity index (χ0) is 14.0.